The van der Waals surface area contributed by atoms with Gasteiger partial charge >= 0.3 is 0 Å². The number of nitrogens with one attached hydrogen (secondary N) is 2. The standard InChI is InChI=1S/C7H10N3Si3/c1-13-9-11-8-12-10(13)7-5-3-2-4-6-7/h2-6,8-9H,1H3. The van der Waals surface area contributed by atoms with Crippen LogP contribution in [0.4, 0.5) is 5.69 Å². The molecule has 0 saturated carbocycles. The highest BCUT2D eigenvalue weighted by atomic mass is 28.4. The van der Waals surface area contributed by atoms with E-state index >= 15 is 0 Å². The smallest absolute Gasteiger partial charge is 0.273 e. The number of anilines is 1. The van der Waals surface area contributed by atoms with Crippen molar-refractivity contribution in [2.75, 3.05) is 4.23 Å². The Kier molecular flexibility index (Phi) is 2.96. The molecule has 13 heavy (non-hydrogen) atoms. The largest absolute Gasteiger partial charge is 0.401 e. The average Bonchev–Trinajstić information content (AvgIpc) is 2.20. The number of benzene rings is 1. The second kappa shape index (κ2) is 4.20. The van der Waals surface area contributed by atoms with Crippen molar-refractivity contribution in [3.63, 3.8) is 0 Å². The SMILES string of the molecule is C[Si]1N[Si]N[Si]N1c1ccccc1. The first-order valence-corrected chi connectivity index (χ1v) is 7.98. The van der Waals surface area contributed by atoms with E-state index in [-0.39, 0.29) is 0 Å². The van der Waals surface area contributed by atoms with Gasteiger partial charge in [0.25, 0.3) is 9.84 Å². The highest BCUT2D eigenvalue weighted by Gasteiger charge is 2.21. The summed E-state index contributed by atoms with van der Waals surface area (Å²) in [5.74, 6) is 0. The van der Waals surface area contributed by atoms with E-state index in [0.717, 1.165) is 19.7 Å². The molecule has 0 atom stereocenters. The maximum atomic E-state index is 3.48. The van der Waals surface area contributed by atoms with E-state index in [1.165, 1.54) is 5.69 Å². The summed E-state index contributed by atoms with van der Waals surface area (Å²) in [5.41, 5.74) is 1.32. The Morgan fingerprint density at radius 3 is 2.77 bits per heavy atom. The summed E-state index contributed by atoms with van der Waals surface area (Å²) in [6.07, 6.45) is 0. The van der Waals surface area contributed by atoms with E-state index < -0.39 is 9.12 Å². The van der Waals surface area contributed by atoms with Crippen molar-refractivity contribution < 1.29 is 0 Å². The first kappa shape index (κ1) is 9.16. The fraction of sp³-hybridized carbons (Fsp3) is 0.143. The number of para-hydroxylation sites is 1. The lowest BCUT2D eigenvalue weighted by Gasteiger charge is -2.33. The van der Waals surface area contributed by atoms with Crippen LogP contribution in [0, 0.1) is 0 Å². The van der Waals surface area contributed by atoms with Crippen molar-refractivity contribution in [3.05, 3.63) is 30.3 Å². The third-order valence-corrected chi connectivity index (χ3v) is 7.47. The second-order valence-electron chi connectivity index (χ2n) is 2.74. The van der Waals surface area contributed by atoms with Gasteiger partial charge in [0.1, 0.15) is 0 Å². The monoisotopic (exact) mass is 220 g/mol. The van der Waals surface area contributed by atoms with Gasteiger partial charge in [0.2, 0.25) is 19.0 Å². The Bertz CT molecular complexity index is 269. The van der Waals surface area contributed by atoms with Crippen LogP contribution in [-0.2, 0) is 0 Å². The van der Waals surface area contributed by atoms with Crippen LogP contribution in [0.2, 0.25) is 6.55 Å². The molecule has 2 N–H and O–H groups in total. The minimum Gasteiger partial charge on any atom is -0.401 e. The number of nitrogens with zero attached hydrogens (tertiary/aromatic N) is 1. The quantitative estimate of drug-likeness (QED) is 0.646. The molecule has 2 rings (SSSR count). The third-order valence-electron chi connectivity index (χ3n) is 1.82. The summed E-state index contributed by atoms with van der Waals surface area (Å²) in [6.45, 7) is 2.29. The topological polar surface area (TPSA) is 27.3 Å². The predicted octanol–water partition coefficient (Wildman–Crippen LogP) is -0.128. The van der Waals surface area contributed by atoms with Gasteiger partial charge in [-0.3, -0.25) is 0 Å². The number of hydrogen-bond acceptors (Lipinski definition) is 3. The van der Waals surface area contributed by atoms with E-state index in [1.54, 1.807) is 0 Å². The fourth-order valence-corrected chi connectivity index (χ4v) is 6.33. The Hall–Kier alpha value is -0.409. The van der Waals surface area contributed by atoms with Gasteiger partial charge in [0, 0.05) is 5.69 Å². The van der Waals surface area contributed by atoms with Gasteiger partial charge in [0.15, 0.2) is 0 Å². The highest BCUT2D eigenvalue weighted by molar-refractivity contribution is 6.82. The second-order valence-corrected chi connectivity index (χ2v) is 7.73. The first-order valence-electron chi connectivity index (χ1n) is 4.08. The minimum absolute atomic E-state index is 0.538. The molecule has 1 aromatic carbocycles. The lowest BCUT2D eigenvalue weighted by atomic mass is 10.3. The molecule has 1 heterocycles. The molecule has 1 aliphatic heterocycles. The summed E-state index contributed by atoms with van der Waals surface area (Å²) in [4.78, 5) is 0. The zero-order valence-corrected chi connectivity index (χ0v) is 10.3. The van der Waals surface area contributed by atoms with Crippen LogP contribution in [0.25, 0.3) is 0 Å². The van der Waals surface area contributed by atoms with Crippen molar-refractivity contribution in [1.82, 2.24) is 9.30 Å². The summed E-state index contributed by atoms with van der Waals surface area (Å²) >= 11 is 0. The molecule has 1 aromatic rings. The maximum absolute atomic E-state index is 3.48. The van der Waals surface area contributed by atoms with E-state index in [2.05, 4.69) is 50.4 Å². The van der Waals surface area contributed by atoms with E-state index in [0.29, 0.717) is 0 Å². The maximum Gasteiger partial charge on any atom is 0.273 e. The van der Waals surface area contributed by atoms with E-state index in [1.807, 2.05) is 0 Å². The Labute approximate surface area is 85.3 Å². The van der Waals surface area contributed by atoms with Crippen LogP contribution in [0.3, 0.4) is 0 Å². The molecule has 1 fully saturated rings. The fourth-order valence-electron chi connectivity index (χ4n) is 1.18. The normalized spacial score (nSPS) is 19.0. The van der Waals surface area contributed by atoms with Crippen LogP contribution in [-0.4, -0.2) is 28.8 Å². The zero-order chi connectivity index (χ0) is 9.10. The van der Waals surface area contributed by atoms with Crippen LogP contribution in [0.5, 0.6) is 0 Å². The van der Waals surface area contributed by atoms with Gasteiger partial charge in [-0.15, -0.1) is 0 Å². The molecular weight excluding hydrogens is 210 g/mol. The predicted molar refractivity (Wildman–Crippen MR) is 58.3 cm³/mol. The third kappa shape index (κ3) is 2.09. The van der Waals surface area contributed by atoms with Crippen molar-refractivity contribution >= 4 is 34.5 Å². The molecule has 0 spiro atoms. The average molecular weight is 220 g/mol. The molecule has 0 aliphatic carbocycles. The van der Waals surface area contributed by atoms with Crippen molar-refractivity contribution in [3.8, 4) is 0 Å². The molecule has 0 amide bonds. The summed E-state index contributed by atoms with van der Waals surface area (Å²) in [6, 6.07) is 10.6. The molecule has 0 bridgehead atoms. The van der Waals surface area contributed by atoms with Gasteiger partial charge in [-0.25, -0.2) is 0 Å². The molecule has 0 aromatic heterocycles. The molecular formula is C7H10N3Si3. The lowest BCUT2D eigenvalue weighted by molar-refractivity contribution is 1.27. The molecule has 1 aliphatic rings. The van der Waals surface area contributed by atoms with Crippen LogP contribution < -0.4 is 13.5 Å². The lowest BCUT2D eigenvalue weighted by Crippen LogP contribution is -2.64. The molecule has 5 radical (unpaired) electrons. The van der Waals surface area contributed by atoms with Gasteiger partial charge in [-0.2, -0.15) is 0 Å². The number of rotatable bonds is 1. The van der Waals surface area contributed by atoms with Crippen LogP contribution in [0.15, 0.2) is 30.3 Å². The number of hydrogen-bond donors (Lipinski definition) is 2. The molecule has 0 unspecified atom stereocenters. The summed E-state index contributed by atoms with van der Waals surface area (Å²) in [5, 5.41) is 0. The zero-order valence-electron chi connectivity index (χ0n) is 7.33. The molecule has 65 valence electrons. The van der Waals surface area contributed by atoms with Crippen LogP contribution >= 0.6 is 0 Å². The van der Waals surface area contributed by atoms with Gasteiger partial charge in [0.05, 0.1) is 0 Å². The van der Waals surface area contributed by atoms with Crippen molar-refractivity contribution in [1.29, 1.82) is 0 Å². The Morgan fingerprint density at radius 2 is 2.08 bits per heavy atom. The Balaban J connectivity index is 2.15. The van der Waals surface area contributed by atoms with Crippen molar-refractivity contribution in [2.45, 2.75) is 6.55 Å². The van der Waals surface area contributed by atoms with E-state index in [4.69, 9.17) is 0 Å². The van der Waals surface area contributed by atoms with Gasteiger partial charge < -0.3 is 13.5 Å². The minimum atomic E-state index is -0.538. The Morgan fingerprint density at radius 1 is 1.31 bits per heavy atom. The van der Waals surface area contributed by atoms with Gasteiger partial charge in [-0.05, 0) is 18.7 Å². The molecule has 3 nitrogen and oxygen atoms in total. The summed E-state index contributed by atoms with van der Waals surface area (Å²) in [7, 11) is 0.920. The molecule has 1 saturated heterocycles. The summed E-state index contributed by atoms with van der Waals surface area (Å²) < 4.78 is 9.27. The molecule has 6 heteroatoms. The van der Waals surface area contributed by atoms with Crippen molar-refractivity contribution in [2.24, 2.45) is 0 Å². The van der Waals surface area contributed by atoms with Gasteiger partial charge in [-0.1, -0.05) is 18.2 Å². The van der Waals surface area contributed by atoms with Crippen LogP contribution in [0.1, 0.15) is 0 Å². The first-order chi connectivity index (χ1) is 6.38. The van der Waals surface area contributed by atoms with E-state index in [9.17, 15) is 0 Å². The highest BCUT2D eigenvalue weighted by Crippen LogP contribution is 2.12.